The number of nitrogens with zero attached hydrogens (tertiary/aromatic N) is 2. The average molecular weight is 354 g/mol. The fourth-order valence-corrected chi connectivity index (χ4v) is 3.25. The Labute approximate surface area is 157 Å². The van der Waals surface area contributed by atoms with Crippen LogP contribution in [0.25, 0.3) is 0 Å². The van der Waals surface area contributed by atoms with Crippen molar-refractivity contribution < 1.29 is 9.53 Å². The van der Waals surface area contributed by atoms with Crippen LogP contribution in [0.5, 0.6) is 5.75 Å². The molecule has 0 fully saturated rings. The number of benzene rings is 3. The molecule has 0 aliphatic carbocycles. The maximum Gasteiger partial charge on any atom is 0.236 e. The molecule has 4 heteroatoms. The molecular formula is C23H18N2O2. The smallest absolute Gasteiger partial charge is 0.236 e. The summed E-state index contributed by atoms with van der Waals surface area (Å²) in [5.41, 5.74) is 2.49. The van der Waals surface area contributed by atoms with Crippen molar-refractivity contribution in [1.29, 1.82) is 0 Å². The van der Waals surface area contributed by atoms with Crippen LogP contribution in [-0.4, -0.2) is 24.8 Å². The summed E-state index contributed by atoms with van der Waals surface area (Å²) in [7, 11) is 1.58. The maximum absolute atomic E-state index is 12.3. The van der Waals surface area contributed by atoms with Crippen LogP contribution in [0, 0.1) is 0 Å². The fraction of sp³-hybridized carbons (Fsp3) is 0.0870. The standard InChI is InChI=1S/C23H18N2O2/c1-27-20-15-9-8-14-19(20)23(16-26)24-21(17-10-4-2-5-11-17)22(25-23)18-12-6-3-7-13-18/h2-16H,1H3. The molecule has 0 aromatic heterocycles. The number of hydrogen-bond acceptors (Lipinski definition) is 4. The number of ether oxygens (including phenoxy) is 1. The lowest BCUT2D eigenvalue weighted by atomic mass is 10.0. The fourth-order valence-electron chi connectivity index (χ4n) is 3.25. The Morgan fingerprint density at radius 2 is 1.22 bits per heavy atom. The molecule has 1 heterocycles. The van der Waals surface area contributed by atoms with Gasteiger partial charge in [0.15, 0.2) is 6.29 Å². The van der Waals surface area contributed by atoms with Crippen molar-refractivity contribution in [1.82, 2.24) is 0 Å². The molecule has 4 nitrogen and oxygen atoms in total. The molecule has 0 radical (unpaired) electrons. The molecule has 3 aromatic rings. The van der Waals surface area contributed by atoms with E-state index in [1.54, 1.807) is 7.11 Å². The van der Waals surface area contributed by atoms with Crippen LogP contribution >= 0.6 is 0 Å². The number of carbonyl (C=O) groups excluding carboxylic acids is 1. The third-order valence-corrected chi connectivity index (χ3v) is 4.55. The number of aliphatic imine (C=N–C) groups is 2. The second-order valence-electron chi connectivity index (χ2n) is 6.20. The first-order valence-corrected chi connectivity index (χ1v) is 8.68. The first kappa shape index (κ1) is 16.9. The zero-order chi connectivity index (χ0) is 18.7. The summed E-state index contributed by atoms with van der Waals surface area (Å²) in [6, 6.07) is 26.9. The largest absolute Gasteiger partial charge is 0.496 e. The quantitative estimate of drug-likeness (QED) is 0.649. The molecule has 0 unspecified atom stereocenters. The zero-order valence-electron chi connectivity index (χ0n) is 14.9. The summed E-state index contributed by atoms with van der Waals surface area (Å²) in [6.07, 6.45) is 0.781. The van der Waals surface area contributed by atoms with Gasteiger partial charge in [0.25, 0.3) is 0 Å². The van der Waals surface area contributed by atoms with Crippen LogP contribution in [0.1, 0.15) is 16.7 Å². The second-order valence-corrected chi connectivity index (χ2v) is 6.20. The highest BCUT2D eigenvalue weighted by atomic mass is 16.5. The minimum atomic E-state index is -1.36. The van der Waals surface area contributed by atoms with Gasteiger partial charge in [0, 0.05) is 11.1 Å². The summed E-state index contributed by atoms with van der Waals surface area (Å²) in [5.74, 6) is 0.582. The predicted molar refractivity (Wildman–Crippen MR) is 107 cm³/mol. The molecule has 3 aromatic carbocycles. The third kappa shape index (κ3) is 2.95. The Hall–Kier alpha value is -3.53. The second kappa shape index (κ2) is 7.00. The van der Waals surface area contributed by atoms with Gasteiger partial charge in [-0.05, 0) is 6.07 Å². The Balaban J connectivity index is 1.97. The highest BCUT2D eigenvalue weighted by Crippen LogP contribution is 2.38. The van der Waals surface area contributed by atoms with E-state index in [-0.39, 0.29) is 0 Å². The molecule has 0 atom stereocenters. The molecule has 1 aliphatic heterocycles. The molecule has 27 heavy (non-hydrogen) atoms. The van der Waals surface area contributed by atoms with Crippen LogP contribution in [0.3, 0.4) is 0 Å². The lowest BCUT2D eigenvalue weighted by Crippen LogP contribution is -2.22. The van der Waals surface area contributed by atoms with Crippen molar-refractivity contribution in [2.45, 2.75) is 5.66 Å². The molecule has 132 valence electrons. The number of para-hydroxylation sites is 1. The normalized spacial score (nSPS) is 15.0. The summed E-state index contributed by atoms with van der Waals surface area (Å²) >= 11 is 0. The van der Waals surface area contributed by atoms with Gasteiger partial charge in [-0.25, -0.2) is 9.98 Å². The van der Waals surface area contributed by atoms with Crippen molar-refractivity contribution in [2.75, 3.05) is 7.11 Å². The predicted octanol–water partition coefficient (Wildman–Crippen LogP) is 4.04. The molecule has 0 bridgehead atoms. The Morgan fingerprint density at radius 1 is 0.741 bits per heavy atom. The molecule has 0 spiro atoms. The van der Waals surface area contributed by atoms with E-state index in [9.17, 15) is 4.79 Å². The van der Waals surface area contributed by atoms with Gasteiger partial charge in [-0.3, -0.25) is 4.79 Å². The molecule has 0 saturated carbocycles. The van der Waals surface area contributed by atoms with Crippen molar-refractivity contribution in [3.63, 3.8) is 0 Å². The van der Waals surface area contributed by atoms with Gasteiger partial charge in [-0.1, -0.05) is 78.9 Å². The average Bonchev–Trinajstić information content (AvgIpc) is 3.16. The molecule has 0 saturated heterocycles. The summed E-state index contributed by atoms with van der Waals surface area (Å²) in [5, 5.41) is 0. The molecule has 0 N–H and O–H groups in total. The van der Waals surface area contributed by atoms with Gasteiger partial charge >= 0.3 is 0 Å². The van der Waals surface area contributed by atoms with Crippen LogP contribution < -0.4 is 4.74 Å². The van der Waals surface area contributed by atoms with Crippen molar-refractivity contribution in [3.8, 4) is 5.75 Å². The number of rotatable bonds is 5. The van der Waals surface area contributed by atoms with E-state index >= 15 is 0 Å². The van der Waals surface area contributed by atoms with Gasteiger partial charge in [0.05, 0.1) is 24.1 Å². The van der Waals surface area contributed by atoms with E-state index in [0.717, 1.165) is 17.4 Å². The maximum atomic E-state index is 12.3. The molecule has 0 amide bonds. The van der Waals surface area contributed by atoms with Crippen molar-refractivity contribution >= 4 is 17.7 Å². The number of hydrogen-bond donors (Lipinski definition) is 0. The van der Waals surface area contributed by atoms with Gasteiger partial charge in [-0.2, -0.15) is 0 Å². The SMILES string of the molecule is COc1ccccc1C1(C=O)N=C(c2ccccc2)C(c2ccccc2)=N1. The van der Waals surface area contributed by atoms with E-state index in [0.29, 0.717) is 22.7 Å². The highest BCUT2D eigenvalue weighted by molar-refractivity contribution is 6.54. The van der Waals surface area contributed by atoms with Crippen molar-refractivity contribution in [3.05, 3.63) is 102 Å². The Morgan fingerprint density at radius 3 is 1.70 bits per heavy atom. The lowest BCUT2D eigenvalue weighted by molar-refractivity contribution is -0.112. The van der Waals surface area contributed by atoms with Gasteiger partial charge in [0.2, 0.25) is 5.66 Å². The van der Waals surface area contributed by atoms with E-state index in [1.807, 2.05) is 84.9 Å². The lowest BCUT2D eigenvalue weighted by Gasteiger charge is -2.19. The summed E-state index contributed by atoms with van der Waals surface area (Å²) in [6.45, 7) is 0. The third-order valence-electron chi connectivity index (χ3n) is 4.55. The van der Waals surface area contributed by atoms with E-state index < -0.39 is 5.66 Å². The van der Waals surface area contributed by atoms with Crippen LogP contribution in [-0.2, 0) is 10.5 Å². The Bertz CT molecular complexity index is 969. The number of methoxy groups -OCH3 is 1. The van der Waals surface area contributed by atoms with Crippen molar-refractivity contribution in [2.24, 2.45) is 9.98 Å². The van der Waals surface area contributed by atoms with Crippen LogP contribution in [0.4, 0.5) is 0 Å². The number of carbonyl (C=O) groups is 1. The monoisotopic (exact) mass is 354 g/mol. The van der Waals surface area contributed by atoms with Crippen LogP contribution in [0.15, 0.2) is 94.9 Å². The van der Waals surface area contributed by atoms with Gasteiger partial charge in [0.1, 0.15) is 5.75 Å². The molecule has 4 rings (SSSR count). The molecule has 1 aliphatic rings. The van der Waals surface area contributed by atoms with Gasteiger partial charge in [-0.15, -0.1) is 0 Å². The minimum Gasteiger partial charge on any atom is -0.496 e. The highest BCUT2D eigenvalue weighted by Gasteiger charge is 2.40. The first-order valence-electron chi connectivity index (χ1n) is 8.68. The summed E-state index contributed by atoms with van der Waals surface area (Å²) in [4.78, 5) is 21.9. The zero-order valence-corrected chi connectivity index (χ0v) is 14.9. The minimum absolute atomic E-state index is 0.582. The number of aldehydes is 1. The Kier molecular flexibility index (Phi) is 4.38. The van der Waals surface area contributed by atoms with E-state index in [4.69, 9.17) is 14.7 Å². The first-order chi connectivity index (χ1) is 13.3. The topological polar surface area (TPSA) is 51.0 Å². The summed E-state index contributed by atoms with van der Waals surface area (Å²) < 4.78 is 5.47. The van der Waals surface area contributed by atoms with Crippen LogP contribution in [0.2, 0.25) is 0 Å². The van der Waals surface area contributed by atoms with E-state index in [1.165, 1.54) is 0 Å². The van der Waals surface area contributed by atoms with Gasteiger partial charge < -0.3 is 4.74 Å². The molecular weight excluding hydrogens is 336 g/mol. The van der Waals surface area contributed by atoms with E-state index in [2.05, 4.69) is 0 Å².